The first-order valence-corrected chi connectivity index (χ1v) is 7.49. The highest BCUT2D eigenvalue weighted by atomic mass is 79.9. The van der Waals surface area contributed by atoms with Crippen molar-refractivity contribution in [1.29, 1.82) is 0 Å². The Hall–Kier alpha value is -0.290. The van der Waals surface area contributed by atoms with Crippen molar-refractivity contribution in [1.82, 2.24) is 9.97 Å². The van der Waals surface area contributed by atoms with Gasteiger partial charge in [-0.15, -0.1) is 0 Å². The van der Waals surface area contributed by atoms with Gasteiger partial charge in [0.05, 0.1) is 4.47 Å². The summed E-state index contributed by atoms with van der Waals surface area (Å²) in [4.78, 5) is 8.23. The summed E-state index contributed by atoms with van der Waals surface area (Å²) in [6.45, 7) is 2.22. The molecule has 1 heterocycles. The summed E-state index contributed by atoms with van der Waals surface area (Å²) < 4.78 is 0.946. The molecule has 0 amide bonds. The summed E-state index contributed by atoms with van der Waals surface area (Å²) in [7, 11) is 0. The van der Waals surface area contributed by atoms with E-state index in [-0.39, 0.29) is 0 Å². The quantitative estimate of drug-likeness (QED) is 0.926. The van der Waals surface area contributed by atoms with Crippen molar-refractivity contribution in [2.45, 2.75) is 37.5 Å². The van der Waals surface area contributed by atoms with Gasteiger partial charge >= 0.3 is 0 Å². The Morgan fingerprint density at radius 2 is 2.44 bits per heavy atom. The summed E-state index contributed by atoms with van der Waals surface area (Å²) in [6.07, 6.45) is 7.25. The summed E-state index contributed by atoms with van der Waals surface area (Å²) in [5.41, 5.74) is 0. The number of nitrogens with zero attached hydrogens (tertiary/aromatic N) is 2. The van der Waals surface area contributed by atoms with Crippen LogP contribution in [0.3, 0.4) is 0 Å². The third kappa shape index (κ3) is 2.88. The minimum Gasteiger partial charge on any atom is -0.365 e. The van der Waals surface area contributed by atoms with Crippen molar-refractivity contribution in [3.63, 3.8) is 0 Å². The van der Waals surface area contributed by atoms with Crippen LogP contribution in [0, 0.1) is 0 Å². The standard InChI is InChI=1S/C11H16BrN3S/c1-2-16-10-5-3-4-9(10)15-11-8(12)6-13-7-14-11/h6-7,9-10H,2-5H2,1H3,(H,13,14,15). The topological polar surface area (TPSA) is 37.8 Å². The van der Waals surface area contributed by atoms with Gasteiger partial charge in [0.1, 0.15) is 12.1 Å². The van der Waals surface area contributed by atoms with E-state index in [0.29, 0.717) is 6.04 Å². The fourth-order valence-electron chi connectivity index (χ4n) is 2.10. The molecule has 5 heteroatoms. The number of thioether (sulfide) groups is 1. The maximum Gasteiger partial charge on any atom is 0.143 e. The Kier molecular flexibility index (Phi) is 4.46. The largest absolute Gasteiger partial charge is 0.365 e. The minimum atomic E-state index is 0.552. The number of nitrogens with one attached hydrogen (secondary N) is 1. The minimum absolute atomic E-state index is 0.552. The van der Waals surface area contributed by atoms with Gasteiger partial charge in [-0.3, -0.25) is 0 Å². The molecule has 0 aromatic carbocycles. The fraction of sp³-hybridized carbons (Fsp3) is 0.636. The second-order valence-corrected chi connectivity index (χ2v) is 6.27. The lowest BCUT2D eigenvalue weighted by molar-refractivity contribution is 0.760. The molecule has 1 aromatic rings. The molecule has 0 saturated heterocycles. The van der Waals surface area contributed by atoms with E-state index in [4.69, 9.17) is 0 Å². The monoisotopic (exact) mass is 301 g/mol. The maximum atomic E-state index is 4.26. The molecule has 1 fully saturated rings. The molecule has 3 nitrogen and oxygen atoms in total. The van der Waals surface area contributed by atoms with Crippen LogP contribution in [0.15, 0.2) is 17.0 Å². The van der Waals surface area contributed by atoms with Gasteiger partial charge in [-0.25, -0.2) is 9.97 Å². The normalized spacial score (nSPS) is 24.6. The molecule has 1 aliphatic carbocycles. The van der Waals surface area contributed by atoms with Gasteiger partial charge in [0.2, 0.25) is 0 Å². The van der Waals surface area contributed by atoms with Crippen LogP contribution < -0.4 is 5.32 Å². The second kappa shape index (κ2) is 5.87. The third-order valence-corrected chi connectivity index (χ3v) is 4.73. The third-order valence-electron chi connectivity index (χ3n) is 2.82. The highest BCUT2D eigenvalue weighted by molar-refractivity contribution is 9.10. The van der Waals surface area contributed by atoms with Crippen LogP contribution in [0.2, 0.25) is 0 Å². The van der Waals surface area contributed by atoms with Crippen LogP contribution in [0.5, 0.6) is 0 Å². The lowest BCUT2D eigenvalue weighted by atomic mass is 10.2. The maximum absolute atomic E-state index is 4.26. The molecule has 0 aliphatic heterocycles. The van der Waals surface area contributed by atoms with Crippen molar-refractivity contribution < 1.29 is 0 Å². The molecular formula is C11H16BrN3S. The molecule has 1 aromatic heterocycles. The van der Waals surface area contributed by atoms with Gasteiger partial charge in [-0.2, -0.15) is 11.8 Å². The van der Waals surface area contributed by atoms with Crippen LogP contribution in [0.1, 0.15) is 26.2 Å². The van der Waals surface area contributed by atoms with Crippen LogP contribution in [0.25, 0.3) is 0 Å². The predicted molar refractivity (Wildman–Crippen MR) is 72.9 cm³/mol. The van der Waals surface area contributed by atoms with Gasteiger partial charge in [0.25, 0.3) is 0 Å². The Balaban J connectivity index is 2.01. The van der Waals surface area contributed by atoms with E-state index < -0.39 is 0 Å². The van der Waals surface area contributed by atoms with E-state index in [2.05, 4.69) is 49.9 Å². The number of hydrogen-bond donors (Lipinski definition) is 1. The molecule has 16 heavy (non-hydrogen) atoms. The Morgan fingerprint density at radius 3 is 3.19 bits per heavy atom. The molecule has 0 spiro atoms. The lowest BCUT2D eigenvalue weighted by Crippen LogP contribution is -2.26. The average molecular weight is 302 g/mol. The van der Waals surface area contributed by atoms with Crippen LogP contribution in [-0.4, -0.2) is 27.0 Å². The van der Waals surface area contributed by atoms with E-state index >= 15 is 0 Å². The summed E-state index contributed by atoms with van der Waals surface area (Å²) in [5.74, 6) is 2.11. The first-order chi connectivity index (χ1) is 7.81. The molecule has 1 saturated carbocycles. The van der Waals surface area contributed by atoms with Gasteiger partial charge in [0.15, 0.2) is 0 Å². The Morgan fingerprint density at radius 1 is 1.56 bits per heavy atom. The van der Waals surface area contributed by atoms with E-state index in [9.17, 15) is 0 Å². The molecule has 0 bridgehead atoms. The summed E-state index contributed by atoms with van der Waals surface area (Å²) >= 11 is 5.52. The van der Waals surface area contributed by atoms with Crippen LogP contribution in [0.4, 0.5) is 5.82 Å². The lowest BCUT2D eigenvalue weighted by Gasteiger charge is -2.21. The Bertz CT molecular complexity index is 348. The van der Waals surface area contributed by atoms with E-state index in [1.165, 1.54) is 25.0 Å². The SMILES string of the molecule is CCSC1CCCC1Nc1ncncc1Br. The summed E-state index contributed by atoms with van der Waals surface area (Å²) in [6, 6.07) is 0.552. The molecule has 88 valence electrons. The number of rotatable bonds is 4. The van der Waals surface area contributed by atoms with E-state index in [1.807, 2.05) is 0 Å². The van der Waals surface area contributed by atoms with Crippen LogP contribution in [-0.2, 0) is 0 Å². The zero-order valence-electron chi connectivity index (χ0n) is 9.32. The highest BCUT2D eigenvalue weighted by Gasteiger charge is 2.27. The van der Waals surface area contributed by atoms with E-state index in [1.54, 1.807) is 12.5 Å². The van der Waals surface area contributed by atoms with Crippen molar-refractivity contribution in [3.8, 4) is 0 Å². The fourth-order valence-corrected chi connectivity index (χ4v) is 3.63. The molecule has 2 atom stereocenters. The van der Waals surface area contributed by atoms with Crippen molar-refractivity contribution in [3.05, 3.63) is 17.0 Å². The zero-order valence-corrected chi connectivity index (χ0v) is 11.7. The molecule has 2 unspecified atom stereocenters. The van der Waals surface area contributed by atoms with Gasteiger partial charge in [-0.1, -0.05) is 13.3 Å². The number of anilines is 1. The van der Waals surface area contributed by atoms with Crippen molar-refractivity contribution in [2.75, 3.05) is 11.1 Å². The highest BCUT2D eigenvalue weighted by Crippen LogP contribution is 2.32. The first-order valence-electron chi connectivity index (χ1n) is 5.65. The number of aromatic nitrogens is 2. The number of hydrogen-bond acceptors (Lipinski definition) is 4. The van der Waals surface area contributed by atoms with Gasteiger partial charge in [-0.05, 0) is 34.5 Å². The summed E-state index contributed by atoms with van der Waals surface area (Å²) in [5, 5.41) is 4.25. The van der Waals surface area contributed by atoms with Gasteiger partial charge < -0.3 is 5.32 Å². The molecule has 1 N–H and O–H groups in total. The van der Waals surface area contributed by atoms with E-state index in [0.717, 1.165) is 15.5 Å². The van der Waals surface area contributed by atoms with Gasteiger partial charge in [0, 0.05) is 17.5 Å². The molecular weight excluding hydrogens is 286 g/mol. The molecule has 1 aliphatic rings. The zero-order chi connectivity index (χ0) is 11.4. The average Bonchev–Trinajstić information content (AvgIpc) is 2.70. The molecule has 0 radical (unpaired) electrons. The van der Waals surface area contributed by atoms with Crippen LogP contribution >= 0.6 is 27.7 Å². The Labute approximate surface area is 109 Å². The first kappa shape index (κ1) is 12.2. The van der Waals surface area contributed by atoms with Crippen molar-refractivity contribution in [2.24, 2.45) is 0 Å². The molecule has 2 rings (SSSR count). The predicted octanol–water partition coefficient (Wildman–Crippen LogP) is 3.33. The van der Waals surface area contributed by atoms with Crippen molar-refractivity contribution >= 4 is 33.5 Å². The number of halogens is 1. The second-order valence-electron chi connectivity index (χ2n) is 3.89. The smallest absolute Gasteiger partial charge is 0.143 e.